The lowest BCUT2D eigenvalue weighted by Crippen LogP contribution is -2.28. The van der Waals surface area contributed by atoms with Gasteiger partial charge in [0, 0.05) is 20.2 Å². The Bertz CT molecular complexity index is 614. The summed E-state index contributed by atoms with van der Waals surface area (Å²) in [5.74, 6) is -0.861. The molecule has 3 N–H and O–H groups in total. The number of benzene rings is 1. The summed E-state index contributed by atoms with van der Waals surface area (Å²) in [4.78, 5) is 11.0. The first-order valence-corrected chi connectivity index (χ1v) is 8.36. The van der Waals surface area contributed by atoms with Crippen LogP contribution in [0.3, 0.4) is 0 Å². The quantitative estimate of drug-likeness (QED) is 0.591. The summed E-state index contributed by atoms with van der Waals surface area (Å²) in [6, 6.07) is 4.00. The van der Waals surface area contributed by atoms with E-state index < -0.39 is 16.0 Å². The first kappa shape index (κ1) is 18.4. The first-order chi connectivity index (χ1) is 10.3. The standard InChI is InChI=1S/C14H22N2O5S/c1-10(2)9-15-12-5-4-11(14(17)18)8-13(12)22(19,20)16-6-7-21-3/h4-5,8,10,15-16H,6-7,9H2,1-3H3,(H,17,18). The molecule has 1 rings (SSSR count). The smallest absolute Gasteiger partial charge is 0.335 e. The number of carboxylic acid groups (broad SMARTS) is 1. The number of rotatable bonds is 9. The largest absolute Gasteiger partial charge is 0.478 e. The minimum absolute atomic E-state index is 0.0795. The van der Waals surface area contributed by atoms with Gasteiger partial charge in [0.15, 0.2) is 0 Å². The lowest BCUT2D eigenvalue weighted by Gasteiger charge is -2.15. The average molecular weight is 330 g/mol. The van der Waals surface area contributed by atoms with E-state index in [4.69, 9.17) is 9.84 Å². The zero-order valence-corrected chi connectivity index (χ0v) is 13.7. The molecule has 22 heavy (non-hydrogen) atoms. The molecule has 0 unspecified atom stereocenters. The number of carboxylic acids is 1. The maximum Gasteiger partial charge on any atom is 0.335 e. The van der Waals surface area contributed by atoms with Crippen LogP contribution in [0.15, 0.2) is 23.1 Å². The molecule has 0 saturated heterocycles. The highest BCUT2D eigenvalue weighted by Gasteiger charge is 2.20. The molecule has 7 nitrogen and oxygen atoms in total. The lowest BCUT2D eigenvalue weighted by atomic mass is 10.2. The summed E-state index contributed by atoms with van der Waals surface area (Å²) in [6.07, 6.45) is 0. The fraction of sp³-hybridized carbons (Fsp3) is 0.500. The Morgan fingerprint density at radius 2 is 2.05 bits per heavy atom. The molecule has 0 radical (unpaired) electrons. The van der Waals surface area contributed by atoms with Crippen LogP contribution in [0.25, 0.3) is 0 Å². The molecule has 0 bridgehead atoms. The monoisotopic (exact) mass is 330 g/mol. The van der Waals surface area contributed by atoms with Crippen LogP contribution in [0.1, 0.15) is 24.2 Å². The molecule has 124 valence electrons. The van der Waals surface area contributed by atoms with E-state index in [1.54, 1.807) is 0 Å². The second-order valence-corrected chi connectivity index (χ2v) is 6.92. The van der Waals surface area contributed by atoms with Gasteiger partial charge in [0.25, 0.3) is 0 Å². The number of methoxy groups -OCH3 is 1. The van der Waals surface area contributed by atoms with Crippen molar-refractivity contribution in [3.63, 3.8) is 0 Å². The van der Waals surface area contributed by atoms with Gasteiger partial charge < -0.3 is 15.2 Å². The van der Waals surface area contributed by atoms with Crippen LogP contribution in [0.2, 0.25) is 0 Å². The van der Waals surface area contributed by atoms with Gasteiger partial charge in [-0.2, -0.15) is 0 Å². The zero-order valence-electron chi connectivity index (χ0n) is 12.9. The Labute approximate surface area is 130 Å². The third-order valence-corrected chi connectivity index (χ3v) is 4.32. The topological polar surface area (TPSA) is 105 Å². The van der Waals surface area contributed by atoms with Gasteiger partial charge in [0.1, 0.15) is 4.90 Å². The second kappa shape index (κ2) is 8.11. The van der Waals surface area contributed by atoms with Crippen molar-refractivity contribution in [3.05, 3.63) is 23.8 Å². The summed E-state index contributed by atoms with van der Waals surface area (Å²) in [7, 11) is -2.36. The Balaban J connectivity index is 3.15. The third-order valence-electron chi connectivity index (χ3n) is 2.82. The van der Waals surface area contributed by atoms with E-state index in [1.165, 1.54) is 19.2 Å². The van der Waals surface area contributed by atoms with Gasteiger partial charge in [-0.05, 0) is 24.1 Å². The van der Waals surface area contributed by atoms with Gasteiger partial charge in [-0.25, -0.2) is 17.9 Å². The molecule has 0 saturated carbocycles. The molecule has 1 aromatic carbocycles. The number of hydrogen-bond acceptors (Lipinski definition) is 5. The molecular formula is C14H22N2O5S. The third kappa shape index (κ3) is 5.28. The molecule has 1 aromatic rings. The van der Waals surface area contributed by atoms with Crippen LogP contribution in [-0.4, -0.2) is 46.3 Å². The number of carbonyl (C=O) groups is 1. The predicted octanol–water partition coefficient (Wildman–Crippen LogP) is 1.38. The highest BCUT2D eigenvalue weighted by molar-refractivity contribution is 7.89. The van der Waals surface area contributed by atoms with E-state index in [0.29, 0.717) is 18.2 Å². The summed E-state index contributed by atoms with van der Waals surface area (Å²) in [6.45, 7) is 4.90. The molecule has 0 heterocycles. The molecule has 0 aliphatic heterocycles. The van der Waals surface area contributed by atoms with E-state index in [0.717, 1.165) is 6.07 Å². The van der Waals surface area contributed by atoms with Crippen LogP contribution < -0.4 is 10.0 Å². The predicted molar refractivity (Wildman–Crippen MR) is 83.8 cm³/mol. The van der Waals surface area contributed by atoms with Crippen molar-refractivity contribution >= 4 is 21.7 Å². The lowest BCUT2D eigenvalue weighted by molar-refractivity contribution is 0.0696. The highest BCUT2D eigenvalue weighted by Crippen LogP contribution is 2.23. The molecular weight excluding hydrogens is 308 g/mol. The van der Waals surface area contributed by atoms with Crippen molar-refractivity contribution in [2.24, 2.45) is 5.92 Å². The van der Waals surface area contributed by atoms with E-state index in [2.05, 4.69) is 10.0 Å². The Morgan fingerprint density at radius 1 is 1.36 bits per heavy atom. The molecule has 0 amide bonds. The van der Waals surface area contributed by atoms with Gasteiger partial charge >= 0.3 is 5.97 Å². The summed E-state index contributed by atoms with van der Waals surface area (Å²) in [5, 5.41) is 12.1. The van der Waals surface area contributed by atoms with Crippen LogP contribution in [0.5, 0.6) is 0 Å². The SMILES string of the molecule is COCCNS(=O)(=O)c1cc(C(=O)O)ccc1NCC(C)C. The highest BCUT2D eigenvalue weighted by atomic mass is 32.2. The van der Waals surface area contributed by atoms with Gasteiger partial charge in [-0.1, -0.05) is 13.8 Å². The average Bonchev–Trinajstić information content (AvgIpc) is 2.44. The molecule has 0 aliphatic rings. The van der Waals surface area contributed by atoms with Crippen LogP contribution in [0.4, 0.5) is 5.69 Å². The van der Waals surface area contributed by atoms with Crippen molar-refractivity contribution in [2.75, 3.05) is 32.1 Å². The Morgan fingerprint density at radius 3 is 2.59 bits per heavy atom. The second-order valence-electron chi connectivity index (χ2n) is 5.18. The van der Waals surface area contributed by atoms with Crippen molar-refractivity contribution in [2.45, 2.75) is 18.7 Å². The summed E-state index contributed by atoms with van der Waals surface area (Å²) >= 11 is 0. The fourth-order valence-corrected chi connectivity index (χ4v) is 2.91. The minimum Gasteiger partial charge on any atom is -0.478 e. The van der Waals surface area contributed by atoms with Gasteiger partial charge in [0.05, 0.1) is 17.9 Å². The first-order valence-electron chi connectivity index (χ1n) is 6.87. The van der Waals surface area contributed by atoms with Gasteiger partial charge in [-0.15, -0.1) is 0 Å². The normalized spacial score (nSPS) is 11.6. The minimum atomic E-state index is -3.82. The van der Waals surface area contributed by atoms with Gasteiger partial charge in [-0.3, -0.25) is 0 Å². The molecule has 0 spiro atoms. The maximum absolute atomic E-state index is 12.3. The number of sulfonamides is 1. The van der Waals surface area contributed by atoms with Crippen molar-refractivity contribution < 1.29 is 23.1 Å². The molecule has 0 aromatic heterocycles. The van der Waals surface area contributed by atoms with Crippen molar-refractivity contribution in [1.82, 2.24) is 4.72 Å². The van der Waals surface area contributed by atoms with Crippen molar-refractivity contribution in [1.29, 1.82) is 0 Å². The van der Waals surface area contributed by atoms with E-state index in [1.807, 2.05) is 13.8 Å². The van der Waals surface area contributed by atoms with Crippen LogP contribution in [-0.2, 0) is 14.8 Å². The number of aromatic carboxylic acids is 1. The summed E-state index contributed by atoms with van der Waals surface area (Å²) in [5.41, 5.74) is 0.297. The summed E-state index contributed by atoms with van der Waals surface area (Å²) < 4.78 is 31.9. The Hall–Kier alpha value is -1.64. The van der Waals surface area contributed by atoms with E-state index in [9.17, 15) is 13.2 Å². The van der Waals surface area contributed by atoms with E-state index >= 15 is 0 Å². The Kier molecular flexibility index (Phi) is 6.79. The number of anilines is 1. The molecule has 0 atom stereocenters. The number of ether oxygens (including phenoxy) is 1. The number of nitrogens with one attached hydrogen (secondary N) is 2. The molecule has 0 aliphatic carbocycles. The van der Waals surface area contributed by atoms with Crippen LogP contribution >= 0.6 is 0 Å². The van der Waals surface area contributed by atoms with Crippen LogP contribution in [0, 0.1) is 5.92 Å². The zero-order chi connectivity index (χ0) is 16.8. The molecule has 0 fully saturated rings. The maximum atomic E-state index is 12.3. The van der Waals surface area contributed by atoms with E-state index in [-0.39, 0.29) is 23.6 Å². The molecule has 8 heteroatoms. The van der Waals surface area contributed by atoms with Crippen molar-refractivity contribution in [3.8, 4) is 0 Å². The number of hydrogen-bond donors (Lipinski definition) is 3. The van der Waals surface area contributed by atoms with Gasteiger partial charge in [0.2, 0.25) is 10.0 Å². The fourth-order valence-electron chi connectivity index (χ4n) is 1.69.